The van der Waals surface area contributed by atoms with Gasteiger partial charge in [-0.15, -0.1) is 0 Å². The Balaban J connectivity index is 1.08. The fourth-order valence-electron chi connectivity index (χ4n) is 14.0. The lowest BCUT2D eigenvalue weighted by Gasteiger charge is -2.20. The van der Waals surface area contributed by atoms with E-state index in [0.717, 1.165) is 0 Å². The molecule has 0 aliphatic carbocycles. The molecule has 3 aromatic heterocycles. The van der Waals surface area contributed by atoms with Gasteiger partial charge in [-0.2, -0.15) is 68.4 Å². The lowest BCUT2D eigenvalue weighted by molar-refractivity contribution is 1.07. The summed E-state index contributed by atoms with van der Waals surface area (Å²) in [4.78, 5) is 15.4. The van der Waals surface area contributed by atoms with Gasteiger partial charge in [0.25, 0.3) is 0 Å². The second-order valence-corrected chi connectivity index (χ2v) is 24.3. The van der Waals surface area contributed by atoms with Crippen LogP contribution in [0.1, 0.15) is 72.3 Å². The van der Waals surface area contributed by atoms with Crippen LogP contribution in [0.4, 0.5) is 0 Å². The van der Waals surface area contributed by atoms with E-state index in [2.05, 4.69) is 66.8 Å². The second-order valence-electron chi connectivity index (χ2n) is 24.3. The fourth-order valence-corrected chi connectivity index (χ4v) is 14.0. The van der Waals surface area contributed by atoms with E-state index >= 15 is 0 Å². The predicted octanol–water partition coefficient (Wildman–Crippen LogP) is 17.7. The zero-order chi connectivity index (χ0) is 73.4. The van der Waals surface area contributed by atoms with Gasteiger partial charge in [0.1, 0.15) is 0 Å². The van der Waals surface area contributed by atoms with Crippen LogP contribution in [-0.2, 0) is 0 Å². The van der Waals surface area contributed by atoms with Gasteiger partial charge in [0, 0.05) is 71.6 Å². The second kappa shape index (κ2) is 26.5. The van der Waals surface area contributed by atoms with Crippen molar-refractivity contribution in [1.29, 1.82) is 68.4 Å². The largest absolute Gasteiger partial charge is 0.309 e. The van der Waals surface area contributed by atoms with Crippen molar-refractivity contribution in [1.82, 2.24) is 24.1 Å². The SMILES string of the molecule is N#Cc1cc(C#N)c(-c2ccc3c(c2)c2cc(-c4c(C#N)cc(C#N)cc4C#N)ccc2n3-c2cc(C#N)ccc2-c2ccc(-c3nc(-c4ccccc4)nc(-c4ccccc4)n3)cc2-n2c3ccc(-c4c(C#N)cc(C#N)cc4C#N)cc3c3cc(-c4c(C#N)cc(C#N)cc4C#N)ccc32)c(C#N)c1. The standard InChI is InChI=1S/C88H36N18/c89-37-50-11-17-70(80(31-50)105-76-19-13-57(82-62(42-94)23-51(38-90)24-63(82)43-95)32-72(76)73-33-58(14-20-77(73)105)83-64(44-96)25-52(39-91)26-65(83)45-97)71-18-12-61(88-103-86(55-7-3-1-4-8-55)102-87(104-88)56-9-5-2-6-10-56)36-81(71)106-78-21-15-59(84-66(46-98)27-53(40-92)28-67(84)47-99)34-74(78)75-35-60(16-22-79(75)106)85-68(48-100)29-54(41-93)30-69(85)49-101/h1-36H. The normalized spacial score (nSPS) is 10.5. The van der Waals surface area contributed by atoms with Gasteiger partial charge in [0.15, 0.2) is 17.5 Å². The molecule has 15 aromatic rings. The molecule has 0 spiro atoms. The number of hydrogen-bond acceptors (Lipinski definition) is 16. The van der Waals surface area contributed by atoms with E-state index in [1.165, 1.54) is 48.5 Å². The lowest BCUT2D eigenvalue weighted by Crippen LogP contribution is -2.04. The summed E-state index contributed by atoms with van der Waals surface area (Å²) in [6.45, 7) is 0. The first kappa shape index (κ1) is 64.6. The highest BCUT2D eigenvalue weighted by atomic mass is 15.0. The summed E-state index contributed by atoms with van der Waals surface area (Å²) in [6.07, 6.45) is 0. The monoisotopic (exact) mass is 1340 g/mol. The Bertz CT molecular complexity index is 6560. The van der Waals surface area contributed by atoms with Crippen LogP contribution < -0.4 is 0 Å². The van der Waals surface area contributed by atoms with E-state index in [0.29, 0.717) is 117 Å². The molecule has 0 bridgehead atoms. The summed E-state index contributed by atoms with van der Waals surface area (Å²) >= 11 is 0. The van der Waals surface area contributed by atoms with E-state index in [-0.39, 0.29) is 100 Å². The number of nitrogens with zero attached hydrogens (tertiary/aromatic N) is 18. The summed E-state index contributed by atoms with van der Waals surface area (Å²) in [5.41, 5.74) is 10.3. The van der Waals surface area contributed by atoms with Crippen molar-refractivity contribution >= 4 is 43.6 Å². The first-order valence-electron chi connectivity index (χ1n) is 32.2. The molecule has 3 heterocycles. The minimum atomic E-state index is 0.0673. The molecule has 12 aromatic carbocycles. The molecule has 0 radical (unpaired) electrons. The van der Waals surface area contributed by atoms with Gasteiger partial charge in [-0.25, -0.2) is 15.0 Å². The predicted molar refractivity (Wildman–Crippen MR) is 393 cm³/mol. The number of nitriles is 13. The molecule has 0 aliphatic rings. The van der Waals surface area contributed by atoms with Crippen molar-refractivity contribution in [2.24, 2.45) is 0 Å². The van der Waals surface area contributed by atoms with Crippen LogP contribution in [0.25, 0.3) is 145 Å². The van der Waals surface area contributed by atoms with Crippen molar-refractivity contribution in [2.75, 3.05) is 0 Å². The summed E-state index contributed by atoms with van der Waals surface area (Å²) in [6, 6.07) is 91.1. The van der Waals surface area contributed by atoms with Crippen LogP contribution in [0.3, 0.4) is 0 Å². The fraction of sp³-hybridized carbons (Fsp3) is 0. The Morgan fingerprint density at radius 3 is 0.736 bits per heavy atom. The summed E-state index contributed by atoms with van der Waals surface area (Å²) in [7, 11) is 0. The molecule has 15 rings (SSSR count). The van der Waals surface area contributed by atoms with E-state index < -0.39 is 0 Å². The molecule has 18 heteroatoms. The summed E-state index contributed by atoms with van der Waals surface area (Å²) < 4.78 is 4.00. The Hall–Kier alpha value is -17.4. The molecule has 0 unspecified atom stereocenters. The molecule has 478 valence electrons. The Morgan fingerprint density at radius 1 is 0.208 bits per heavy atom. The van der Waals surface area contributed by atoms with E-state index in [9.17, 15) is 68.4 Å². The van der Waals surface area contributed by atoms with Crippen molar-refractivity contribution < 1.29 is 0 Å². The minimum Gasteiger partial charge on any atom is -0.309 e. The first-order valence-corrected chi connectivity index (χ1v) is 32.2. The highest BCUT2D eigenvalue weighted by molar-refractivity contribution is 6.15. The molecule has 0 fully saturated rings. The third-order valence-electron chi connectivity index (χ3n) is 18.6. The van der Waals surface area contributed by atoms with E-state index in [1.807, 2.05) is 155 Å². The van der Waals surface area contributed by atoms with Crippen LogP contribution in [0, 0.1) is 147 Å². The zero-order valence-corrected chi connectivity index (χ0v) is 54.8. The molecule has 0 saturated carbocycles. The maximum absolute atomic E-state index is 11.0. The highest BCUT2D eigenvalue weighted by Crippen LogP contribution is 2.47. The van der Waals surface area contributed by atoms with Gasteiger partial charge in [0.05, 0.1) is 185 Å². The quantitative estimate of drug-likeness (QED) is 0.123. The van der Waals surface area contributed by atoms with Crippen LogP contribution in [0.5, 0.6) is 0 Å². The van der Waals surface area contributed by atoms with Gasteiger partial charge in [0.2, 0.25) is 0 Å². The number of fused-ring (bicyclic) bond motifs is 6. The topological polar surface area (TPSA) is 358 Å². The van der Waals surface area contributed by atoms with Crippen LogP contribution in [0.15, 0.2) is 218 Å². The molecule has 0 N–H and O–H groups in total. The van der Waals surface area contributed by atoms with Crippen molar-refractivity contribution in [3.8, 4) is 180 Å². The Labute approximate surface area is 603 Å². The molecule has 0 atom stereocenters. The average molecular weight is 1350 g/mol. The van der Waals surface area contributed by atoms with Crippen molar-refractivity contribution in [3.63, 3.8) is 0 Å². The number of benzene rings is 12. The van der Waals surface area contributed by atoms with Crippen molar-refractivity contribution in [3.05, 3.63) is 291 Å². The Kier molecular flexibility index (Phi) is 16.1. The molecule has 106 heavy (non-hydrogen) atoms. The zero-order valence-electron chi connectivity index (χ0n) is 54.8. The highest BCUT2D eigenvalue weighted by Gasteiger charge is 2.27. The number of rotatable bonds is 10. The van der Waals surface area contributed by atoms with Gasteiger partial charge in [-0.05, 0) is 138 Å². The van der Waals surface area contributed by atoms with Gasteiger partial charge < -0.3 is 9.13 Å². The van der Waals surface area contributed by atoms with E-state index in [1.54, 1.807) is 36.4 Å². The summed E-state index contributed by atoms with van der Waals surface area (Å²) in [5.74, 6) is 1.04. The van der Waals surface area contributed by atoms with Crippen LogP contribution in [-0.4, -0.2) is 24.1 Å². The molecule has 18 nitrogen and oxygen atoms in total. The maximum Gasteiger partial charge on any atom is 0.164 e. The smallest absolute Gasteiger partial charge is 0.164 e. The molecule has 0 saturated heterocycles. The average Bonchev–Trinajstić information content (AvgIpc) is 1.56. The molecular weight excluding hydrogens is 1310 g/mol. The number of aromatic nitrogens is 5. The number of hydrogen-bond donors (Lipinski definition) is 0. The molecule has 0 amide bonds. The van der Waals surface area contributed by atoms with Gasteiger partial charge in [-0.3, -0.25) is 0 Å². The third-order valence-corrected chi connectivity index (χ3v) is 18.6. The third kappa shape index (κ3) is 10.8. The first-order chi connectivity index (χ1) is 51.9. The van der Waals surface area contributed by atoms with Crippen LogP contribution >= 0.6 is 0 Å². The molecular formula is C88H36N18. The summed E-state index contributed by atoms with van der Waals surface area (Å²) in [5, 5.41) is 139. The minimum absolute atomic E-state index is 0.0673. The van der Waals surface area contributed by atoms with Gasteiger partial charge >= 0.3 is 0 Å². The maximum atomic E-state index is 11.0. The lowest BCUT2D eigenvalue weighted by atomic mass is 9.91. The molecule has 0 aliphatic heterocycles. The van der Waals surface area contributed by atoms with Crippen LogP contribution in [0.2, 0.25) is 0 Å². The Morgan fingerprint density at radius 2 is 0.462 bits per heavy atom. The van der Waals surface area contributed by atoms with E-state index in [4.69, 9.17) is 15.0 Å². The van der Waals surface area contributed by atoms with Crippen molar-refractivity contribution in [2.45, 2.75) is 0 Å². The van der Waals surface area contributed by atoms with Gasteiger partial charge in [-0.1, -0.05) is 103 Å².